The highest BCUT2D eigenvalue weighted by atomic mass is 19.4. The molecule has 3 aromatic heterocycles. The van der Waals surface area contributed by atoms with Gasteiger partial charge in [0.2, 0.25) is 11.9 Å². The van der Waals surface area contributed by atoms with E-state index in [1.54, 1.807) is 28.8 Å². The van der Waals surface area contributed by atoms with Crippen LogP contribution in [0.5, 0.6) is 11.5 Å². The van der Waals surface area contributed by atoms with Crippen LogP contribution in [-0.4, -0.2) is 71.9 Å². The van der Waals surface area contributed by atoms with Crippen LogP contribution in [-0.2, 0) is 18.0 Å². The van der Waals surface area contributed by atoms with E-state index in [0.29, 0.717) is 54.2 Å². The molecule has 1 saturated heterocycles. The minimum atomic E-state index is -4.71. The molecule has 42 heavy (non-hydrogen) atoms. The first-order valence-corrected chi connectivity index (χ1v) is 12.8. The van der Waals surface area contributed by atoms with Gasteiger partial charge in [0.1, 0.15) is 39.9 Å². The number of hydrogen-bond donors (Lipinski definition) is 1. The predicted molar refractivity (Wildman–Crippen MR) is 147 cm³/mol. The van der Waals surface area contributed by atoms with Crippen LogP contribution in [0, 0.1) is 0 Å². The SMILES string of the molecule is C=CC(=O)N1CCN(c2ncc3ncnc(Nc4ccc(Oc5ccc6c(c5)nnn6C)c(C(F)(F)F)c4)c3n2)CC1. The number of carbonyl (C=O) groups excluding carboxylic acids is 1. The van der Waals surface area contributed by atoms with Crippen molar-refractivity contribution in [3.8, 4) is 11.5 Å². The molecule has 5 aromatic rings. The molecule has 214 valence electrons. The van der Waals surface area contributed by atoms with E-state index in [1.807, 2.05) is 4.90 Å². The largest absolute Gasteiger partial charge is 0.457 e. The monoisotopic (exact) mass is 576 g/mol. The maximum absolute atomic E-state index is 14.1. The van der Waals surface area contributed by atoms with Gasteiger partial charge in [0.15, 0.2) is 5.82 Å². The maximum Gasteiger partial charge on any atom is 0.420 e. The number of anilines is 3. The summed E-state index contributed by atoms with van der Waals surface area (Å²) < 4.78 is 49.6. The number of aromatic nitrogens is 7. The van der Waals surface area contributed by atoms with Crippen LogP contribution in [0.25, 0.3) is 22.1 Å². The van der Waals surface area contributed by atoms with Crippen molar-refractivity contribution in [1.82, 2.24) is 39.8 Å². The van der Waals surface area contributed by atoms with E-state index in [1.165, 1.54) is 36.8 Å². The molecule has 12 nitrogen and oxygen atoms in total. The fourth-order valence-electron chi connectivity index (χ4n) is 4.61. The molecule has 4 heterocycles. The number of alkyl halides is 3. The molecule has 15 heteroatoms. The minimum absolute atomic E-state index is 0.121. The van der Waals surface area contributed by atoms with Gasteiger partial charge in [0.05, 0.1) is 11.7 Å². The second-order valence-corrected chi connectivity index (χ2v) is 9.44. The average molecular weight is 577 g/mol. The zero-order chi connectivity index (χ0) is 29.4. The van der Waals surface area contributed by atoms with Crippen LogP contribution < -0.4 is 15.0 Å². The Hall–Kier alpha value is -5.34. The summed E-state index contributed by atoms with van der Waals surface area (Å²) in [4.78, 5) is 32.9. The van der Waals surface area contributed by atoms with Crippen molar-refractivity contribution in [1.29, 1.82) is 0 Å². The lowest BCUT2D eigenvalue weighted by molar-refractivity contribution is -0.138. The van der Waals surface area contributed by atoms with Gasteiger partial charge in [-0.15, -0.1) is 5.10 Å². The van der Waals surface area contributed by atoms with Gasteiger partial charge >= 0.3 is 6.18 Å². The van der Waals surface area contributed by atoms with Crippen molar-refractivity contribution in [2.45, 2.75) is 6.18 Å². The van der Waals surface area contributed by atoms with Crippen LogP contribution in [0.3, 0.4) is 0 Å². The Balaban J connectivity index is 1.27. The van der Waals surface area contributed by atoms with E-state index in [0.717, 1.165) is 6.07 Å². The molecule has 1 N–H and O–H groups in total. The molecule has 0 atom stereocenters. The highest BCUT2D eigenvalue weighted by Gasteiger charge is 2.35. The molecule has 2 aromatic carbocycles. The van der Waals surface area contributed by atoms with Crippen molar-refractivity contribution >= 4 is 45.4 Å². The third-order valence-corrected chi connectivity index (χ3v) is 6.77. The maximum atomic E-state index is 14.1. The molecular formula is C27H23F3N10O2. The lowest BCUT2D eigenvalue weighted by Gasteiger charge is -2.34. The highest BCUT2D eigenvalue weighted by molar-refractivity contribution is 5.88. The van der Waals surface area contributed by atoms with E-state index in [-0.39, 0.29) is 28.9 Å². The summed E-state index contributed by atoms with van der Waals surface area (Å²) in [5.41, 5.74) is 1.09. The normalized spacial score (nSPS) is 13.9. The smallest absolute Gasteiger partial charge is 0.420 e. The van der Waals surface area contributed by atoms with Crippen LogP contribution in [0.4, 0.5) is 30.6 Å². The second kappa shape index (κ2) is 10.6. The fourth-order valence-corrected chi connectivity index (χ4v) is 4.61. The molecule has 1 aliphatic rings. The van der Waals surface area contributed by atoms with Crippen molar-refractivity contribution in [2.75, 3.05) is 36.4 Å². The Morgan fingerprint density at radius 2 is 1.86 bits per heavy atom. The fraction of sp³-hybridized carbons (Fsp3) is 0.222. The topological polar surface area (TPSA) is 127 Å². The van der Waals surface area contributed by atoms with E-state index < -0.39 is 11.7 Å². The summed E-state index contributed by atoms with van der Waals surface area (Å²) in [6, 6.07) is 8.39. The summed E-state index contributed by atoms with van der Waals surface area (Å²) in [6.45, 7) is 5.47. The number of halogens is 3. The van der Waals surface area contributed by atoms with Gasteiger partial charge in [-0.1, -0.05) is 11.8 Å². The number of nitrogens with one attached hydrogen (secondary N) is 1. The molecular weight excluding hydrogens is 553 g/mol. The van der Waals surface area contributed by atoms with E-state index in [2.05, 4.69) is 42.1 Å². The molecule has 0 spiro atoms. The van der Waals surface area contributed by atoms with Gasteiger partial charge in [-0.25, -0.2) is 24.6 Å². The predicted octanol–water partition coefficient (Wildman–Crippen LogP) is 4.09. The molecule has 0 bridgehead atoms. The Kier molecular flexibility index (Phi) is 6.76. The number of ether oxygens (including phenoxy) is 1. The highest BCUT2D eigenvalue weighted by Crippen LogP contribution is 2.40. The minimum Gasteiger partial charge on any atom is -0.457 e. The average Bonchev–Trinajstić information content (AvgIpc) is 3.36. The molecule has 1 amide bonds. The number of amides is 1. The third kappa shape index (κ3) is 5.23. The zero-order valence-corrected chi connectivity index (χ0v) is 22.2. The molecule has 0 radical (unpaired) electrons. The molecule has 6 rings (SSSR count). The second-order valence-electron chi connectivity index (χ2n) is 9.44. The summed E-state index contributed by atoms with van der Waals surface area (Å²) in [5.74, 6) is 0.275. The van der Waals surface area contributed by atoms with E-state index in [4.69, 9.17) is 4.74 Å². The number of fused-ring (bicyclic) bond motifs is 2. The van der Waals surface area contributed by atoms with Crippen molar-refractivity contribution in [3.05, 3.63) is 67.1 Å². The van der Waals surface area contributed by atoms with Crippen molar-refractivity contribution in [3.63, 3.8) is 0 Å². The number of nitrogens with zero attached hydrogens (tertiary/aromatic N) is 9. The van der Waals surface area contributed by atoms with Gasteiger partial charge in [0.25, 0.3) is 0 Å². The Morgan fingerprint density at radius 3 is 2.62 bits per heavy atom. The Bertz CT molecular complexity index is 1820. The van der Waals surface area contributed by atoms with Crippen LogP contribution in [0.2, 0.25) is 0 Å². The quantitative estimate of drug-likeness (QED) is 0.295. The van der Waals surface area contributed by atoms with Gasteiger partial charge in [-0.3, -0.25) is 4.79 Å². The molecule has 1 fully saturated rings. The first kappa shape index (κ1) is 26.9. The van der Waals surface area contributed by atoms with Gasteiger partial charge in [-0.2, -0.15) is 13.2 Å². The first-order chi connectivity index (χ1) is 20.2. The number of hydrogen-bond acceptors (Lipinski definition) is 10. The summed E-state index contributed by atoms with van der Waals surface area (Å²) in [5, 5.41) is 10.8. The number of piperazine rings is 1. The Labute approximate surface area is 236 Å². The number of benzene rings is 2. The standard InChI is InChI=1S/C27H23F3N10O2/c1-3-23(41)39-8-10-40(11-9-39)26-31-14-20-24(35-26)25(33-15-32-20)34-16-4-7-22(18(12-16)27(28,29)30)42-17-5-6-21-19(13-17)36-37-38(21)2/h3-7,12-15H,1,8-11H2,2H3,(H,32,33,34). The van der Waals surface area contributed by atoms with Crippen LogP contribution in [0.1, 0.15) is 5.56 Å². The zero-order valence-electron chi connectivity index (χ0n) is 22.2. The lowest BCUT2D eigenvalue weighted by atomic mass is 10.1. The first-order valence-electron chi connectivity index (χ1n) is 12.8. The summed E-state index contributed by atoms with van der Waals surface area (Å²) in [7, 11) is 1.71. The summed E-state index contributed by atoms with van der Waals surface area (Å²) >= 11 is 0. The Morgan fingerprint density at radius 1 is 1.05 bits per heavy atom. The third-order valence-electron chi connectivity index (χ3n) is 6.77. The number of carbonyl (C=O) groups is 1. The molecule has 1 aliphatic heterocycles. The number of aryl methyl sites for hydroxylation is 1. The number of rotatable bonds is 6. The van der Waals surface area contributed by atoms with Gasteiger partial charge in [0, 0.05) is 45.0 Å². The summed E-state index contributed by atoms with van der Waals surface area (Å²) in [6.07, 6.45) is -0.628. The van der Waals surface area contributed by atoms with E-state index >= 15 is 0 Å². The van der Waals surface area contributed by atoms with E-state index in [9.17, 15) is 18.0 Å². The van der Waals surface area contributed by atoms with Gasteiger partial charge in [-0.05, 0) is 36.4 Å². The molecule has 0 saturated carbocycles. The van der Waals surface area contributed by atoms with Crippen molar-refractivity contribution < 1.29 is 22.7 Å². The van der Waals surface area contributed by atoms with Gasteiger partial charge < -0.3 is 19.9 Å². The van der Waals surface area contributed by atoms with Crippen LogP contribution >= 0.6 is 0 Å². The lowest BCUT2D eigenvalue weighted by Crippen LogP contribution is -2.48. The van der Waals surface area contributed by atoms with Crippen LogP contribution in [0.15, 0.2) is 61.6 Å². The molecule has 0 unspecified atom stereocenters. The van der Waals surface area contributed by atoms with Crippen molar-refractivity contribution in [2.24, 2.45) is 7.05 Å². The molecule has 0 aliphatic carbocycles.